The number of methoxy groups -OCH3 is 1. The summed E-state index contributed by atoms with van der Waals surface area (Å²) in [6.45, 7) is 12.1. The number of carbonyl (C=O) groups is 1. The van der Waals surface area contributed by atoms with Crippen molar-refractivity contribution in [1.29, 1.82) is 0 Å². The highest BCUT2D eigenvalue weighted by Crippen LogP contribution is 2.38. The Morgan fingerprint density at radius 2 is 1.88 bits per heavy atom. The molecule has 0 aromatic heterocycles. The van der Waals surface area contributed by atoms with Crippen LogP contribution < -0.4 is 0 Å². The van der Waals surface area contributed by atoms with E-state index in [0.717, 1.165) is 6.29 Å². The summed E-state index contributed by atoms with van der Waals surface area (Å²) in [6, 6.07) is 0. The lowest BCUT2D eigenvalue weighted by Crippen LogP contribution is -2.44. The number of ether oxygens (including phenoxy) is 3. The van der Waals surface area contributed by atoms with Gasteiger partial charge in [-0.05, 0) is 24.6 Å². The predicted molar refractivity (Wildman–Crippen MR) is 98.4 cm³/mol. The third-order valence-electron chi connectivity index (χ3n) is 4.32. The smallest absolute Gasteiger partial charge is 0.192 e. The molecule has 0 bridgehead atoms. The monoisotopic (exact) mass is 358 g/mol. The zero-order valence-electron chi connectivity index (χ0n) is 16.1. The molecule has 0 saturated carbocycles. The van der Waals surface area contributed by atoms with E-state index in [-0.39, 0.29) is 24.0 Å². The number of aldehydes is 1. The number of hydrogen-bond acceptors (Lipinski definition) is 5. The van der Waals surface area contributed by atoms with Crippen LogP contribution in [-0.2, 0) is 23.4 Å². The molecule has 0 aliphatic rings. The van der Waals surface area contributed by atoms with E-state index in [1.54, 1.807) is 7.11 Å². The van der Waals surface area contributed by atoms with Crippen molar-refractivity contribution in [3.05, 3.63) is 0 Å². The van der Waals surface area contributed by atoms with Gasteiger partial charge in [-0.25, -0.2) is 0 Å². The van der Waals surface area contributed by atoms with Crippen LogP contribution in [0.2, 0.25) is 18.1 Å². The quantitative estimate of drug-likeness (QED) is 0.166. The summed E-state index contributed by atoms with van der Waals surface area (Å²) < 4.78 is 22.3. The molecule has 0 aromatic carbocycles. The van der Waals surface area contributed by atoms with Crippen molar-refractivity contribution < 1.29 is 23.4 Å². The van der Waals surface area contributed by atoms with Gasteiger partial charge < -0.3 is 23.4 Å². The summed E-state index contributed by atoms with van der Waals surface area (Å²) in [5, 5.41) is 0.101. The van der Waals surface area contributed by atoms with Crippen LogP contribution in [0.15, 0.2) is 0 Å². The minimum Gasteiger partial charge on any atom is -0.413 e. The second kappa shape index (κ2) is 11.8. The molecule has 0 N–H and O–H groups in total. The summed E-state index contributed by atoms with van der Waals surface area (Å²) in [6.07, 6.45) is 7.39. The van der Waals surface area contributed by atoms with Gasteiger partial charge in [0.2, 0.25) is 0 Å². The van der Waals surface area contributed by atoms with E-state index in [0.29, 0.717) is 32.5 Å². The third-order valence-corrected chi connectivity index (χ3v) is 8.85. The van der Waals surface area contributed by atoms with Crippen LogP contribution in [0.3, 0.4) is 0 Å². The zero-order chi connectivity index (χ0) is 18.6. The van der Waals surface area contributed by atoms with Gasteiger partial charge in [-0.1, -0.05) is 20.8 Å². The normalized spacial score (nSPS) is 14.9. The van der Waals surface area contributed by atoms with Crippen LogP contribution in [0.4, 0.5) is 0 Å². The summed E-state index contributed by atoms with van der Waals surface area (Å²) in [7, 11) is -0.318. The first-order valence-corrected chi connectivity index (χ1v) is 11.3. The predicted octanol–water partition coefficient (Wildman–Crippen LogP) is 3.38. The lowest BCUT2D eigenvalue weighted by molar-refractivity contribution is -0.122. The van der Waals surface area contributed by atoms with Gasteiger partial charge in [0.1, 0.15) is 13.1 Å². The second-order valence-electron chi connectivity index (χ2n) is 7.35. The maximum Gasteiger partial charge on any atom is 0.192 e. The minimum atomic E-state index is -1.93. The van der Waals surface area contributed by atoms with E-state index in [1.807, 2.05) is 0 Å². The lowest BCUT2D eigenvalue weighted by Gasteiger charge is -2.39. The molecule has 0 rings (SSSR count). The molecule has 6 heteroatoms. The van der Waals surface area contributed by atoms with Crippen molar-refractivity contribution in [2.75, 3.05) is 27.1 Å². The van der Waals surface area contributed by atoms with Gasteiger partial charge in [-0.3, -0.25) is 0 Å². The van der Waals surface area contributed by atoms with Gasteiger partial charge in [0.25, 0.3) is 0 Å². The Bertz CT molecular complexity index is 384. The summed E-state index contributed by atoms with van der Waals surface area (Å²) in [5.41, 5.74) is 0. The first-order chi connectivity index (χ1) is 11.2. The molecule has 0 spiro atoms. The molecule has 0 saturated heterocycles. The molecule has 0 unspecified atom stereocenters. The Morgan fingerprint density at radius 1 is 1.21 bits per heavy atom. The zero-order valence-corrected chi connectivity index (χ0v) is 17.1. The van der Waals surface area contributed by atoms with E-state index < -0.39 is 8.32 Å². The van der Waals surface area contributed by atoms with Crippen LogP contribution in [0.5, 0.6) is 0 Å². The average molecular weight is 359 g/mol. The maximum atomic E-state index is 10.9. The van der Waals surface area contributed by atoms with E-state index >= 15 is 0 Å². The first-order valence-electron chi connectivity index (χ1n) is 8.41. The minimum absolute atomic E-state index is 0.101. The largest absolute Gasteiger partial charge is 0.413 e. The van der Waals surface area contributed by atoms with E-state index in [9.17, 15) is 4.79 Å². The van der Waals surface area contributed by atoms with Crippen molar-refractivity contribution in [2.45, 2.75) is 70.4 Å². The standard InChI is InChI=1S/C18H34O5Si/c1-8-9-17(23-24(6,7)18(2,3)4)14-16(10-11-19)22-15-21-13-12-20-5/h1,11,16-17H,9-10,12-15H2,2-7H3/t16-,17+/m1/s1. The van der Waals surface area contributed by atoms with Gasteiger partial charge >= 0.3 is 0 Å². The number of terminal acetylenes is 1. The van der Waals surface area contributed by atoms with Crippen LogP contribution in [0.25, 0.3) is 0 Å². The molecule has 140 valence electrons. The lowest BCUT2D eigenvalue weighted by atomic mass is 10.1. The molecule has 0 heterocycles. The number of rotatable bonds is 13. The molecule has 0 aliphatic carbocycles. The SMILES string of the molecule is C#CC[C@@H](C[C@@H](CC=O)OCOCCOC)O[Si](C)(C)C(C)(C)C. The molecule has 0 radical (unpaired) electrons. The Kier molecular flexibility index (Phi) is 11.4. The summed E-state index contributed by atoms with van der Waals surface area (Å²) in [4.78, 5) is 10.9. The topological polar surface area (TPSA) is 54.0 Å². The van der Waals surface area contributed by atoms with Gasteiger partial charge in [0, 0.05) is 20.0 Å². The fourth-order valence-electron chi connectivity index (χ4n) is 1.88. The molecule has 0 aromatic rings. The molecule has 0 amide bonds. The van der Waals surface area contributed by atoms with Crippen molar-refractivity contribution in [3.8, 4) is 12.3 Å². The highest BCUT2D eigenvalue weighted by atomic mass is 28.4. The van der Waals surface area contributed by atoms with E-state index in [4.69, 9.17) is 25.1 Å². The van der Waals surface area contributed by atoms with Crippen LogP contribution in [-0.4, -0.2) is 53.9 Å². The van der Waals surface area contributed by atoms with Crippen LogP contribution in [0.1, 0.15) is 40.0 Å². The Balaban J connectivity index is 4.66. The highest BCUT2D eigenvalue weighted by molar-refractivity contribution is 6.74. The third kappa shape index (κ3) is 9.55. The van der Waals surface area contributed by atoms with E-state index in [1.165, 1.54) is 0 Å². The molecule has 0 aliphatic heterocycles. The maximum absolute atomic E-state index is 10.9. The average Bonchev–Trinajstić information content (AvgIpc) is 2.45. The molecule has 24 heavy (non-hydrogen) atoms. The fourth-order valence-corrected chi connectivity index (χ4v) is 3.24. The van der Waals surface area contributed by atoms with Gasteiger partial charge in [0.15, 0.2) is 8.32 Å². The first kappa shape index (κ1) is 23.3. The second-order valence-corrected chi connectivity index (χ2v) is 12.1. The number of carbonyl (C=O) groups excluding carboxylic acids is 1. The highest BCUT2D eigenvalue weighted by Gasteiger charge is 2.39. The Labute approximate surface area is 148 Å². The van der Waals surface area contributed by atoms with Crippen LogP contribution in [0, 0.1) is 12.3 Å². The van der Waals surface area contributed by atoms with E-state index in [2.05, 4.69) is 39.8 Å². The Hall–Kier alpha value is -0.713. The van der Waals surface area contributed by atoms with Gasteiger partial charge in [0.05, 0.1) is 25.4 Å². The molecule has 2 atom stereocenters. The van der Waals surface area contributed by atoms with Crippen molar-refractivity contribution >= 4 is 14.6 Å². The molecule has 5 nitrogen and oxygen atoms in total. The van der Waals surface area contributed by atoms with Crippen LogP contribution >= 0.6 is 0 Å². The molecular formula is C18H34O5Si. The summed E-state index contributed by atoms with van der Waals surface area (Å²) >= 11 is 0. The molecular weight excluding hydrogens is 324 g/mol. The van der Waals surface area contributed by atoms with Crippen molar-refractivity contribution in [1.82, 2.24) is 0 Å². The van der Waals surface area contributed by atoms with Gasteiger partial charge in [-0.15, -0.1) is 12.3 Å². The fraction of sp³-hybridized carbons (Fsp3) is 0.833. The summed E-state index contributed by atoms with van der Waals surface area (Å²) in [5.74, 6) is 2.68. The van der Waals surface area contributed by atoms with Gasteiger partial charge in [-0.2, -0.15) is 0 Å². The number of hydrogen-bond donors (Lipinski definition) is 0. The van der Waals surface area contributed by atoms with Crippen molar-refractivity contribution in [3.63, 3.8) is 0 Å². The molecule has 0 fully saturated rings. The van der Waals surface area contributed by atoms with Crippen molar-refractivity contribution in [2.24, 2.45) is 0 Å². The Morgan fingerprint density at radius 3 is 2.38 bits per heavy atom.